The van der Waals surface area contributed by atoms with Gasteiger partial charge in [0.25, 0.3) is 5.56 Å². The largest absolute Gasteiger partial charge is 0.462 e. The summed E-state index contributed by atoms with van der Waals surface area (Å²) < 4.78 is 4.89. The molecule has 0 unspecified atom stereocenters. The van der Waals surface area contributed by atoms with Gasteiger partial charge in [-0.1, -0.05) is 13.8 Å². The number of nitrogens with zero attached hydrogens (tertiary/aromatic N) is 1. The Morgan fingerprint density at radius 3 is 2.74 bits per heavy atom. The highest BCUT2D eigenvalue weighted by Gasteiger charge is 2.08. The van der Waals surface area contributed by atoms with Crippen LogP contribution in [0.5, 0.6) is 0 Å². The minimum absolute atomic E-state index is 0. The number of nitrogens with one attached hydrogen (secondary N) is 1. The Bertz CT molecular complexity index is 638. The van der Waals surface area contributed by atoms with Crippen molar-refractivity contribution in [1.82, 2.24) is 9.97 Å². The van der Waals surface area contributed by atoms with Crippen molar-refractivity contribution in [1.29, 1.82) is 0 Å². The maximum Gasteiger partial charge on any atom is 0.338 e. The minimum atomic E-state index is -0.389. The number of carbonyl (C=O) groups is 1. The monoisotopic (exact) mass is 264 g/mol. The molecule has 0 amide bonds. The fraction of sp³-hybridized carbons (Fsp3) is 0.357. The van der Waals surface area contributed by atoms with Gasteiger partial charge in [-0.2, -0.15) is 0 Å². The maximum absolute atomic E-state index is 11.5. The lowest BCUT2D eigenvalue weighted by Crippen LogP contribution is -2.12. The molecule has 1 heterocycles. The normalized spacial score (nSPS) is 9.68. The average Bonchev–Trinajstić information content (AvgIpc) is 2.42. The third-order valence-electron chi connectivity index (χ3n) is 2.37. The predicted octanol–water partition coefficient (Wildman–Crippen LogP) is 2.68. The highest BCUT2D eigenvalue weighted by atomic mass is 16.5. The number of rotatable bonds is 2. The van der Waals surface area contributed by atoms with Gasteiger partial charge in [-0.3, -0.25) is 4.79 Å². The highest BCUT2D eigenvalue weighted by Crippen LogP contribution is 2.11. The van der Waals surface area contributed by atoms with Crippen molar-refractivity contribution < 1.29 is 11.0 Å². The second-order valence-electron chi connectivity index (χ2n) is 3.60. The third-order valence-corrected chi connectivity index (χ3v) is 2.37. The van der Waals surface area contributed by atoms with Crippen LogP contribution in [0.1, 0.15) is 38.2 Å². The topological polar surface area (TPSA) is 72.1 Å². The molecule has 0 saturated carbocycles. The Hall–Kier alpha value is -2.17. The summed E-state index contributed by atoms with van der Waals surface area (Å²) in [5, 5.41) is 0. The van der Waals surface area contributed by atoms with E-state index in [1.807, 2.05) is 13.8 Å². The molecule has 0 spiro atoms. The van der Waals surface area contributed by atoms with E-state index in [4.69, 9.17) is 4.74 Å². The van der Waals surface area contributed by atoms with E-state index >= 15 is 0 Å². The molecule has 0 aliphatic carbocycles. The van der Waals surface area contributed by atoms with E-state index in [1.54, 1.807) is 32.0 Å². The molecule has 104 valence electrons. The molecule has 2 rings (SSSR count). The quantitative estimate of drug-likeness (QED) is 0.846. The number of hydrogen-bond acceptors (Lipinski definition) is 4. The van der Waals surface area contributed by atoms with Crippen LogP contribution in [0, 0.1) is 6.92 Å². The van der Waals surface area contributed by atoms with E-state index in [0.29, 0.717) is 28.9 Å². The summed E-state index contributed by atoms with van der Waals surface area (Å²) in [6.45, 7) is 7.70. The number of carbonyl (C=O) groups excluding carboxylic acids is 1. The third kappa shape index (κ3) is 3.40. The van der Waals surface area contributed by atoms with Crippen LogP contribution in [0.15, 0.2) is 23.0 Å². The summed E-state index contributed by atoms with van der Waals surface area (Å²) in [4.78, 5) is 29.7. The number of aryl methyl sites for hydroxylation is 1. The zero-order chi connectivity index (χ0) is 14.4. The van der Waals surface area contributed by atoms with Crippen LogP contribution < -0.4 is 5.56 Å². The van der Waals surface area contributed by atoms with E-state index in [9.17, 15) is 9.59 Å². The van der Waals surface area contributed by atoms with Gasteiger partial charge in [0.05, 0.1) is 23.2 Å². The smallest absolute Gasteiger partial charge is 0.338 e. The molecule has 1 N–H and O–H groups in total. The minimum Gasteiger partial charge on any atom is -0.462 e. The highest BCUT2D eigenvalue weighted by molar-refractivity contribution is 5.93. The van der Waals surface area contributed by atoms with E-state index < -0.39 is 0 Å². The molecule has 2 aromatic rings. The number of aromatic nitrogens is 2. The zero-order valence-electron chi connectivity index (χ0n) is 11.6. The van der Waals surface area contributed by atoms with Crippen LogP contribution in [0.2, 0.25) is 0 Å². The summed E-state index contributed by atoms with van der Waals surface area (Å²) in [6, 6.07) is 4.86. The molecule has 0 fully saturated rings. The summed E-state index contributed by atoms with van der Waals surface area (Å²) in [6.07, 6.45) is 0. The number of fused-ring (bicyclic) bond motifs is 1. The Morgan fingerprint density at radius 2 is 2.11 bits per heavy atom. The van der Waals surface area contributed by atoms with Crippen LogP contribution in [-0.2, 0) is 4.74 Å². The van der Waals surface area contributed by atoms with Crippen molar-refractivity contribution in [3.63, 3.8) is 0 Å². The average molecular weight is 264 g/mol. The van der Waals surface area contributed by atoms with Crippen LogP contribution in [-0.4, -0.2) is 22.5 Å². The van der Waals surface area contributed by atoms with Crippen molar-refractivity contribution in [2.45, 2.75) is 27.7 Å². The Kier molecular flexibility index (Phi) is 5.23. The Labute approximate surface area is 113 Å². The number of hydrogen-bond donors (Lipinski definition) is 1. The second-order valence-corrected chi connectivity index (χ2v) is 3.60. The Balaban J connectivity index is 0.00000115. The van der Waals surface area contributed by atoms with E-state index in [2.05, 4.69) is 9.97 Å². The van der Waals surface area contributed by atoms with Gasteiger partial charge >= 0.3 is 5.97 Å². The van der Waals surface area contributed by atoms with E-state index in [1.165, 1.54) is 0 Å². The van der Waals surface area contributed by atoms with Gasteiger partial charge in [0.1, 0.15) is 5.69 Å². The molecule has 1 aromatic carbocycles. The molecule has 0 bridgehead atoms. The van der Waals surface area contributed by atoms with Gasteiger partial charge in [0, 0.05) is 1.43 Å². The Morgan fingerprint density at radius 1 is 1.42 bits per heavy atom. The molecule has 0 aliphatic rings. The first-order valence-corrected chi connectivity index (χ1v) is 6.29. The van der Waals surface area contributed by atoms with E-state index in [0.717, 1.165) is 0 Å². The molecule has 0 radical (unpaired) electrons. The fourth-order valence-electron chi connectivity index (χ4n) is 1.52. The summed E-state index contributed by atoms with van der Waals surface area (Å²) in [7, 11) is 0. The van der Waals surface area contributed by atoms with Crippen LogP contribution in [0.3, 0.4) is 0 Å². The number of benzene rings is 1. The van der Waals surface area contributed by atoms with E-state index in [-0.39, 0.29) is 13.0 Å². The van der Waals surface area contributed by atoms with Gasteiger partial charge in [-0.15, -0.1) is 0 Å². The summed E-state index contributed by atoms with van der Waals surface area (Å²) in [5.41, 5.74) is 1.76. The molecule has 19 heavy (non-hydrogen) atoms. The summed E-state index contributed by atoms with van der Waals surface area (Å²) >= 11 is 0. The van der Waals surface area contributed by atoms with Crippen molar-refractivity contribution in [2.75, 3.05) is 6.61 Å². The molecular weight excluding hydrogens is 244 g/mol. The van der Waals surface area contributed by atoms with Gasteiger partial charge in [0.2, 0.25) is 0 Å². The lowest BCUT2D eigenvalue weighted by atomic mass is 10.2. The standard InChI is InChI=1S/C12H12N2O3.C2H6.H2/c1-3-17-12(16)8-4-5-9-10(6-8)13-7(2)11(15)14-9;1-2;/h4-6H,3H2,1-2H3,(H,14,15);1-2H3;1H. The van der Waals surface area contributed by atoms with Crippen LogP contribution in [0.4, 0.5) is 0 Å². The SMILES string of the molecule is CC.CCOC(=O)c1ccc2[nH]c(=O)c(C)nc2c1.[HH]. The molecule has 0 saturated heterocycles. The maximum atomic E-state index is 11.5. The molecular formula is C14H20N2O3. The summed E-state index contributed by atoms with van der Waals surface area (Å²) in [5.74, 6) is -0.389. The first kappa shape index (κ1) is 14.9. The van der Waals surface area contributed by atoms with Crippen molar-refractivity contribution in [3.05, 3.63) is 39.8 Å². The van der Waals surface area contributed by atoms with Gasteiger partial charge < -0.3 is 9.72 Å². The molecule has 5 heteroatoms. The number of esters is 1. The molecule has 5 nitrogen and oxygen atoms in total. The molecule has 0 aliphatic heterocycles. The van der Waals surface area contributed by atoms with Crippen LogP contribution in [0.25, 0.3) is 11.0 Å². The lowest BCUT2D eigenvalue weighted by molar-refractivity contribution is 0.0526. The predicted molar refractivity (Wildman–Crippen MR) is 76.5 cm³/mol. The second kappa shape index (κ2) is 6.68. The first-order chi connectivity index (χ1) is 9.11. The zero-order valence-corrected chi connectivity index (χ0v) is 11.6. The van der Waals surface area contributed by atoms with Gasteiger partial charge in [-0.05, 0) is 32.0 Å². The molecule has 0 atom stereocenters. The van der Waals surface area contributed by atoms with Crippen LogP contribution >= 0.6 is 0 Å². The van der Waals surface area contributed by atoms with Crippen molar-refractivity contribution >= 4 is 17.0 Å². The first-order valence-electron chi connectivity index (χ1n) is 6.29. The lowest BCUT2D eigenvalue weighted by Gasteiger charge is -2.03. The van der Waals surface area contributed by atoms with Crippen molar-refractivity contribution in [3.8, 4) is 0 Å². The number of H-pyrrole nitrogens is 1. The van der Waals surface area contributed by atoms with Gasteiger partial charge in [0.15, 0.2) is 0 Å². The molecule has 1 aromatic heterocycles. The van der Waals surface area contributed by atoms with Crippen molar-refractivity contribution in [2.24, 2.45) is 0 Å². The number of ether oxygens (including phenoxy) is 1. The fourth-order valence-corrected chi connectivity index (χ4v) is 1.52. The number of aromatic amines is 1. The van der Waals surface area contributed by atoms with Gasteiger partial charge in [-0.25, -0.2) is 9.78 Å².